The van der Waals surface area contributed by atoms with E-state index in [0.717, 1.165) is 24.0 Å². The maximum absolute atomic E-state index is 13.3. The molecule has 0 radical (unpaired) electrons. The van der Waals surface area contributed by atoms with E-state index in [2.05, 4.69) is 10.1 Å². The molecule has 0 unspecified atom stereocenters. The summed E-state index contributed by atoms with van der Waals surface area (Å²) in [5.41, 5.74) is 3.37. The number of ether oxygens (including phenoxy) is 2. The molecule has 26 heavy (non-hydrogen) atoms. The minimum atomic E-state index is -0.503. The van der Waals surface area contributed by atoms with Crippen LogP contribution >= 0.6 is 0 Å². The Balaban J connectivity index is 1.87. The molecule has 1 aliphatic heterocycles. The molecule has 0 spiro atoms. The quantitative estimate of drug-likeness (QED) is 0.675. The van der Waals surface area contributed by atoms with Crippen molar-refractivity contribution < 1.29 is 18.7 Å². The van der Waals surface area contributed by atoms with E-state index in [-0.39, 0.29) is 17.4 Å². The summed E-state index contributed by atoms with van der Waals surface area (Å²) in [7, 11) is 1.32. The molecule has 7 heteroatoms. The SMILES string of the molecule is COC(=O)c1cn2nc(-c3ccc(F)cc3)cc(C3CCOCC3)c2n1. The Morgan fingerprint density at radius 3 is 2.69 bits per heavy atom. The van der Waals surface area contributed by atoms with Crippen molar-refractivity contribution in [2.45, 2.75) is 18.8 Å². The second-order valence-corrected chi connectivity index (χ2v) is 6.26. The molecule has 1 aromatic carbocycles. The Kier molecular flexibility index (Phi) is 4.38. The van der Waals surface area contributed by atoms with Crippen LogP contribution in [0.2, 0.25) is 0 Å². The lowest BCUT2D eigenvalue weighted by Crippen LogP contribution is -2.15. The third-order valence-corrected chi connectivity index (χ3v) is 4.65. The lowest BCUT2D eigenvalue weighted by molar-refractivity contribution is 0.0594. The topological polar surface area (TPSA) is 65.7 Å². The summed E-state index contributed by atoms with van der Waals surface area (Å²) in [4.78, 5) is 16.3. The first-order valence-corrected chi connectivity index (χ1v) is 8.48. The van der Waals surface area contributed by atoms with Crippen molar-refractivity contribution in [3.8, 4) is 11.3 Å². The highest BCUT2D eigenvalue weighted by molar-refractivity contribution is 5.88. The van der Waals surface area contributed by atoms with Crippen molar-refractivity contribution in [1.82, 2.24) is 14.6 Å². The molecular formula is C19H18FN3O3. The summed E-state index contributed by atoms with van der Waals surface area (Å²) in [6.07, 6.45) is 3.32. The molecule has 0 saturated carbocycles. The molecule has 0 aliphatic carbocycles. The fourth-order valence-electron chi connectivity index (χ4n) is 3.27. The van der Waals surface area contributed by atoms with Gasteiger partial charge in [0.2, 0.25) is 0 Å². The molecule has 134 valence electrons. The van der Waals surface area contributed by atoms with Crippen LogP contribution in [0.3, 0.4) is 0 Å². The average Bonchev–Trinajstić information content (AvgIpc) is 3.12. The van der Waals surface area contributed by atoms with Crippen LogP contribution in [0.15, 0.2) is 36.5 Å². The zero-order valence-corrected chi connectivity index (χ0v) is 14.3. The second kappa shape index (κ2) is 6.84. The molecule has 0 bridgehead atoms. The molecule has 6 nitrogen and oxygen atoms in total. The lowest BCUT2D eigenvalue weighted by atomic mass is 9.91. The van der Waals surface area contributed by atoms with E-state index in [9.17, 15) is 9.18 Å². The van der Waals surface area contributed by atoms with E-state index in [4.69, 9.17) is 9.47 Å². The van der Waals surface area contributed by atoms with Crippen LogP contribution in [-0.4, -0.2) is 40.9 Å². The zero-order valence-electron chi connectivity index (χ0n) is 14.3. The van der Waals surface area contributed by atoms with Gasteiger partial charge in [-0.25, -0.2) is 18.7 Å². The zero-order chi connectivity index (χ0) is 18.1. The van der Waals surface area contributed by atoms with Gasteiger partial charge >= 0.3 is 5.97 Å². The predicted octanol–water partition coefficient (Wildman–Crippen LogP) is 3.22. The van der Waals surface area contributed by atoms with Gasteiger partial charge in [-0.15, -0.1) is 0 Å². The first kappa shape index (κ1) is 16.7. The molecule has 1 aliphatic rings. The lowest BCUT2D eigenvalue weighted by Gasteiger charge is -2.23. The monoisotopic (exact) mass is 355 g/mol. The number of halogens is 1. The van der Waals surface area contributed by atoms with Gasteiger partial charge in [0.05, 0.1) is 19.0 Å². The Bertz CT molecular complexity index is 947. The predicted molar refractivity (Wildman–Crippen MR) is 92.5 cm³/mol. The van der Waals surface area contributed by atoms with Gasteiger partial charge in [0.15, 0.2) is 11.3 Å². The number of carbonyl (C=O) groups is 1. The molecule has 4 rings (SSSR count). The van der Waals surface area contributed by atoms with Gasteiger partial charge in [0, 0.05) is 24.3 Å². The Labute approximate surface area is 149 Å². The maximum atomic E-state index is 13.3. The van der Waals surface area contributed by atoms with E-state index >= 15 is 0 Å². The summed E-state index contributed by atoms with van der Waals surface area (Å²) in [5, 5.41) is 4.56. The number of imidazole rings is 1. The highest BCUT2D eigenvalue weighted by atomic mass is 19.1. The molecule has 0 atom stereocenters. The van der Waals surface area contributed by atoms with Crippen molar-refractivity contribution in [3.63, 3.8) is 0 Å². The summed E-state index contributed by atoms with van der Waals surface area (Å²) in [6, 6.07) is 8.17. The van der Waals surface area contributed by atoms with Crippen molar-refractivity contribution in [1.29, 1.82) is 0 Å². The van der Waals surface area contributed by atoms with Crippen molar-refractivity contribution >= 4 is 11.6 Å². The van der Waals surface area contributed by atoms with Crippen LogP contribution in [0.4, 0.5) is 4.39 Å². The van der Waals surface area contributed by atoms with Gasteiger partial charge < -0.3 is 9.47 Å². The minimum Gasteiger partial charge on any atom is -0.464 e. The normalized spacial score (nSPS) is 15.3. The number of hydrogen-bond donors (Lipinski definition) is 0. The van der Waals surface area contributed by atoms with E-state index in [1.54, 1.807) is 22.8 Å². The number of carbonyl (C=O) groups excluding carboxylic acids is 1. The van der Waals surface area contributed by atoms with Gasteiger partial charge in [-0.3, -0.25) is 0 Å². The molecule has 2 aromatic heterocycles. The summed E-state index contributed by atoms with van der Waals surface area (Å²) in [5.74, 6) is -0.534. The smallest absolute Gasteiger partial charge is 0.358 e. The van der Waals surface area contributed by atoms with Gasteiger partial charge in [-0.2, -0.15) is 5.10 Å². The van der Waals surface area contributed by atoms with Crippen LogP contribution in [0, 0.1) is 5.82 Å². The van der Waals surface area contributed by atoms with E-state index in [0.29, 0.717) is 24.6 Å². The summed E-state index contributed by atoms with van der Waals surface area (Å²) < 4.78 is 25.1. The second-order valence-electron chi connectivity index (χ2n) is 6.26. The standard InChI is InChI=1S/C19H18FN3O3/c1-25-19(24)17-11-23-18(21-17)15(12-6-8-26-9-7-12)10-16(22-23)13-2-4-14(20)5-3-13/h2-5,10-12H,6-9H2,1H3. The number of rotatable bonds is 3. The fraction of sp³-hybridized carbons (Fsp3) is 0.316. The summed E-state index contributed by atoms with van der Waals surface area (Å²) in [6.45, 7) is 1.38. The number of esters is 1. The number of benzene rings is 1. The highest BCUT2D eigenvalue weighted by Crippen LogP contribution is 2.32. The molecule has 0 amide bonds. The fourth-order valence-corrected chi connectivity index (χ4v) is 3.27. The molecule has 1 fully saturated rings. The largest absolute Gasteiger partial charge is 0.464 e. The van der Waals surface area contributed by atoms with Crippen molar-refractivity contribution in [3.05, 3.63) is 53.6 Å². The Morgan fingerprint density at radius 1 is 1.27 bits per heavy atom. The van der Waals surface area contributed by atoms with E-state index < -0.39 is 5.97 Å². The van der Waals surface area contributed by atoms with Gasteiger partial charge in [-0.05, 0) is 49.1 Å². The van der Waals surface area contributed by atoms with Crippen LogP contribution in [0.25, 0.3) is 16.9 Å². The Hall–Kier alpha value is -2.80. The van der Waals surface area contributed by atoms with E-state index in [1.807, 2.05) is 6.07 Å². The van der Waals surface area contributed by atoms with E-state index in [1.165, 1.54) is 19.2 Å². The highest BCUT2D eigenvalue weighted by Gasteiger charge is 2.23. The van der Waals surface area contributed by atoms with Crippen LogP contribution in [0.1, 0.15) is 34.8 Å². The molecule has 0 N–H and O–H groups in total. The number of nitrogens with zero attached hydrogens (tertiary/aromatic N) is 3. The molecule has 1 saturated heterocycles. The third-order valence-electron chi connectivity index (χ3n) is 4.65. The minimum absolute atomic E-state index is 0.213. The number of methoxy groups -OCH3 is 1. The number of fused-ring (bicyclic) bond motifs is 1. The van der Waals surface area contributed by atoms with Crippen LogP contribution in [-0.2, 0) is 9.47 Å². The molecule has 3 heterocycles. The first-order valence-electron chi connectivity index (χ1n) is 8.48. The number of aromatic nitrogens is 3. The number of hydrogen-bond acceptors (Lipinski definition) is 5. The van der Waals surface area contributed by atoms with Crippen molar-refractivity contribution in [2.75, 3.05) is 20.3 Å². The molecule has 3 aromatic rings. The van der Waals surface area contributed by atoms with Crippen LogP contribution in [0.5, 0.6) is 0 Å². The average molecular weight is 355 g/mol. The van der Waals surface area contributed by atoms with Gasteiger partial charge in [0.1, 0.15) is 5.82 Å². The summed E-state index contributed by atoms with van der Waals surface area (Å²) >= 11 is 0. The third kappa shape index (κ3) is 3.06. The first-order chi connectivity index (χ1) is 12.7. The van der Waals surface area contributed by atoms with Gasteiger partial charge in [-0.1, -0.05) is 0 Å². The van der Waals surface area contributed by atoms with Gasteiger partial charge in [0.25, 0.3) is 0 Å². The molecular weight excluding hydrogens is 337 g/mol. The maximum Gasteiger partial charge on any atom is 0.358 e. The van der Waals surface area contributed by atoms with Crippen molar-refractivity contribution in [2.24, 2.45) is 0 Å². The Morgan fingerprint density at radius 2 is 2.00 bits per heavy atom. The van der Waals surface area contributed by atoms with Crippen LogP contribution < -0.4 is 0 Å².